The highest BCUT2D eigenvalue weighted by Gasteiger charge is 2.31. The van der Waals surface area contributed by atoms with E-state index in [9.17, 15) is 13.2 Å². The Labute approximate surface area is 127 Å². The molecule has 1 aliphatic rings. The van der Waals surface area contributed by atoms with Gasteiger partial charge >= 0.3 is 6.18 Å². The summed E-state index contributed by atoms with van der Waals surface area (Å²) in [5.41, 5.74) is 0. The summed E-state index contributed by atoms with van der Waals surface area (Å²) in [6.07, 6.45) is -1.73. The maximum Gasteiger partial charge on any atom is 0.389 e. The Morgan fingerprint density at radius 3 is 2.62 bits per heavy atom. The molecule has 21 heavy (non-hydrogen) atoms. The molecule has 3 rings (SSSR count). The lowest BCUT2D eigenvalue weighted by atomic mass is 10.3. The number of hydrogen-bond acceptors (Lipinski definition) is 3. The van der Waals surface area contributed by atoms with E-state index in [2.05, 4.69) is 31.0 Å². The largest absolute Gasteiger partial charge is 0.389 e. The van der Waals surface area contributed by atoms with Crippen molar-refractivity contribution >= 4 is 15.9 Å². The first kappa shape index (κ1) is 14.5. The molecule has 0 radical (unpaired) electrons. The monoisotopic (exact) mass is 360 g/mol. The molecule has 112 valence electrons. The highest BCUT2D eigenvalue weighted by Crippen LogP contribution is 2.38. The van der Waals surface area contributed by atoms with Crippen molar-refractivity contribution in [1.29, 1.82) is 0 Å². The van der Waals surface area contributed by atoms with Crippen LogP contribution in [0.15, 0.2) is 22.8 Å². The quantitative estimate of drug-likeness (QED) is 0.832. The Bertz CT molecular complexity index is 632. The van der Waals surface area contributed by atoms with Crippen LogP contribution in [0.4, 0.5) is 13.2 Å². The van der Waals surface area contributed by atoms with Gasteiger partial charge < -0.3 is 0 Å². The zero-order valence-corrected chi connectivity index (χ0v) is 12.5. The Morgan fingerprint density at radius 1 is 1.29 bits per heavy atom. The molecule has 0 aliphatic heterocycles. The van der Waals surface area contributed by atoms with Gasteiger partial charge in [-0.15, -0.1) is 5.10 Å². The fourth-order valence-electron chi connectivity index (χ4n) is 1.97. The molecule has 2 aromatic heterocycles. The number of nitrogens with zero attached hydrogens (tertiary/aromatic N) is 4. The van der Waals surface area contributed by atoms with Crippen molar-refractivity contribution in [2.45, 2.75) is 37.8 Å². The molecule has 0 bridgehead atoms. The zero-order valence-electron chi connectivity index (χ0n) is 10.9. The van der Waals surface area contributed by atoms with E-state index < -0.39 is 12.6 Å². The van der Waals surface area contributed by atoms with E-state index in [1.54, 1.807) is 18.3 Å². The van der Waals surface area contributed by atoms with Crippen LogP contribution in [0.3, 0.4) is 0 Å². The molecule has 8 heteroatoms. The topological polar surface area (TPSA) is 43.6 Å². The standard InChI is InChI=1S/C13H12BrF3N4/c14-9-3-4-10(18-7-9)21-11(5-6-13(15,16)17)19-12(20-21)8-1-2-8/h3-4,7-8H,1-2,5-6H2. The summed E-state index contributed by atoms with van der Waals surface area (Å²) in [4.78, 5) is 8.45. The molecule has 0 spiro atoms. The van der Waals surface area contributed by atoms with E-state index in [0.29, 0.717) is 17.5 Å². The van der Waals surface area contributed by atoms with Gasteiger partial charge in [0.05, 0.1) is 6.42 Å². The summed E-state index contributed by atoms with van der Waals surface area (Å²) >= 11 is 3.28. The summed E-state index contributed by atoms with van der Waals surface area (Å²) in [7, 11) is 0. The van der Waals surface area contributed by atoms with E-state index >= 15 is 0 Å². The fraction of sp³-hybridized carbons (Fsp3) is 0.462. The van der Waals surface area contributed by atoms with Gasteiger partial charge in [-0.1, -0.05) is 0 Å². The van der Waals surface area contributed by atoms with Crippen molar-refractivity contribution in [3.05, 3.63) is 34.5 Å². The van der Waals surface area contributed by atoms with Crippen LogP contribution in [0, 0.1) is 0 Å². The molecule has 0 amide bonds. The van der Waals surface area contributed by atoms with Gasteiger partial charge in [0.15, 0.2) is 11.6 Å². The third kappa shape index (κ3) is 3.61. The minimum Gasteiger partial charge on any atom is -0.236 e. The normalized spacial score (nSPS) is 15.4. The maximum atomic E-state index is 12.4. The zero-order chi connectivity index (χ0) is 15.0. The van der Waals surface area contributed by atoms with E-state index in [1.165, 1.54) is 4.68 Å². The second-order valence-electron chi connectivity index (χ2n) is 5.02. The number of halogens is 4. The number of hydrogen-bond donors (Lipinski definition) is 0. The van der Waals surface area contributed by atoms with Gasteiger partial charge in [0.25, 0.3) is 0 Å². The predicted molar refractivity (Wildman–Crippen MR) is 73.2 cm³/mol. The van der Waals surface area contributed by atoms with E-state index in [0.717, 1.165) is 17.3 Å². The molecule has 2 heterocycles. The molecular formula is C13H12BrF3N4. The third-order valence-electron chi connectivity index (χ3n) is 3.19. The smallest absolute Gasteiger partial charge is 0.236 e. The molecule has 1 saturated carbocycles. The van der Waals surface area contributed by atoms with Crippen molar-refractivity contribution < 1.29 is 13.2 Å². The molecule has 0 unspecified atom stereocenters. The Kier molecular flexibility index (Phi) is 3.73. The minimum absolute atomic E-state index is 0.193. The van der Waals surface area contributed by atoms with Crippen LogP contribution in [0.2, 0.25) is 0 Å². The molecule has 4 nitrogen and oxygen atoms in total. The summed E-state index contributed by atoms with van der Waals surface area (Å²) in [5, 5.41) is 4.33. The molecule has 0 saturated heterocycles. The van der Waals surface area contributed by atoms with Crippen LogP contribution in [0.1, 0.15) is 36.8 Å². The second-order valence-corrected chi connectivity index (χ2v) is 5.94. The van der Waals surface area contributed by atoms with Crippen molar-refractivity contribution in [2.75, 3.05) is 0 Å². The molecule has 0 aromatic carbocycles. The van der Waals surface area contributed by atoms with Crippen molar-refractivity contribution in [2.24, 2.45) is 0 Å². The van der Waals surface area contributed by atoms with Crippen molar-refractivity contribution in [1.82, 2.24) is 19.7 Å². The van der Waals surface area contributed by atoms with Crippen LogP contribution < -0.4 is 0 Å². The molecule has 1 fully saturated rings. The SMILES string of the molecule is FC(F)(F)CCc1nc(C2CC2)nn1-c1ccc(Br)cn1. The Balaban J connectivity index is 1.91. The first-order chi connectivity index (χ1) is 9.92. The Morgan fingerprint density at radius 2 is 2.05 bits per heavy atom. The number of aromatic nitrogens is 4. The summed E-state index contributed by atoms with van der Waals surface area (Å²) in [6, 6.07) is 3.47. The van der Waals surface area contributed by atoms with E-state index in [1.807, 2.05) is 0 Å². The summed E-state index contributed by atoms with van der Waals surface area (Å²) in [5.74, 6) is 1.70. The number of pyridine rings is 1. The lowest BCUT2D eigenvalue weighted by molar-refractivity contribution is -0.134. The lowest BCUT2D eigenvalue weighted by Gasteiger charge is -2.07. The molecule has 2 aromatic rings. The molecule has 0 atom stereocenters. The first-order valence-electron chi connectivity index (χ1n) is 6.57. The van der Waals surface area contributed by atoms with Gasteiger partial charge in [-0.25, -0.2) is 9.97 Å². The van der Waals surface area contributed by atoms with Crippen LogP contribution in [-0.2, 0) is 6.42 Å². The van der Waals surface area contributed by atoms with Crippen LogP contribution in [0.25, 0.3) is 5.82 Å². The number of alkyl halides is 3. The van der Waals surface area contributed by atoms with Crippen molar-refractivity contribution in [3.63, 3.8) is 0 Å². The minimum atomic E-state index is -4.20. The lowest BCUT2D eigenvalue weighted by Crippen LogP contribution is -2.12. The predicted octanol–water partition coefficient (Wildman–Crippen LogP) is 3.80. The van der Waals surface area contributed by atoms with Gasteiger partial charge in [-0.05, 0) is 40.9 Å². The van der Waals surface area contributed by atoms with Crippen molar-refractivity contribution in [3.8, 4) is 5.82 Å². The average molecular weight is 361 g/mol. The van der Waals surface area contributed by atoms with Gasteiger partial charge in [-0.3, -0.25) is 0 Å². The number of aryl methyl sites for hydroxylation is 1. The summed E-state index contributed by atoms with van der Waals surface area (Å²) < 4.78 is 39.5. The molecule has 0 N–H and O–H groups in total. The van der Waals surface area contributed by atoms with Crippen LogP contribution in [-0.4, -0.2) is 25.9 Å². The summed E-state index contributed by atoms with van der Waals surface area (Å²) in [6.45, 7) is 0. The second kappa shape index (κ2) is 5.40. The van der Waals surface area contributed by atoms with Gasteiger partial charge in [0.1, 0.15) is 5.82 Å². The van der Waals surface area contributed by atoms with Gasteiger partial charge in [-0.2, -0.15) is 17.9 Å². The van der Waals surface area contributed by atoms with Crippen LogP contribution in [0.5, 0.6) is 0 Å². The maximum absolute atomic E-state index is 12.4. The molecular weight excluding hydrogens is 349 g/mol. The first-order valence-corrected chi connectivity index (χ1v) is 7.36. The van der Waals surface area contributed by atoms with E-state index in [4.69, 9.17) is 0 Å². The van der Waals surface area contributed by atoms with Gasteiger partial charge in [0, 0.05) is 23.0 Å². The molecule has 1 aliphatic carbocycles. The average Bonchev–Trinajstić information content (AvgIpc) is 3.17. The van der Waals surface area contributed by atoms with Crippen LogP contribution >= 0.6 is 15.9 Å². The highest BCUT2D eigenvalue weighted by atomic mass is 79.9. The highest BCUT2D eigenvalue weighted by molar-refractivity contribution is 9.10. The fourth-order valence-corrected chi connectivity index (χ4v) is 2.20. The number of rotatable bonds is 4. The third-order valence-corrected chi connectivity index (χ3v) is 3.66. The van der Waals surface area contributed by atoms with E-state index in [-0.39, 0.29) is 12.3 Å². The van der Waals surface area contributed by atoms with Gasteiger partial charge in [0.2, 0.25) is 0 Å². The Hall–Kier alpha value is -1.44.